The van der Waals surface area contributed by atoms with Crippen molar-refractivity contribution < 1.29 is 10.2 Å². The van der Waals surface area contributed by atoms with Crippen LogP contribution in [0.2, 0.25) is 0 Å². The van der Waals surface area contributed by atoms with Gasteiger partial charge in [-0.25, -0.2) is 0 Å². The highest BCUT2D eigenvalue weighted by Gasteiger charge is 2.21. The summed E-state index contributed by atoms with van der Waals surface area (Å²) in [6.45, 7) is 12.9. The number of aromatic hydroxyl groups is 2. The predicted octanol–water partition coefficient (Wildman–Crippen LogP) is 6.62. The molecule has 0 aliphatic carbocycles. The fraction of sp³-hybridized carbons (Fsp3) is 0.500. The smallest absolute Gasteiger partial charge is 0.119 e. The van der Waals surface area contributed by atoms with Crippen LogP contribution in [0.5, 0.6) is 11.5 Å². The zero-order valence-corrected chi connectivity index (χ0v) is 18.5. The highest BCUT2D eigenvalue weighted by Crippen LogP contribution is 2.44. The predicted molar refractivity (Wildman–Crippen MR) is 117 cm³/mol. The molecule has 0 saturated carbocycles. The third kappa shape index (κ3) is 4.13. The van der Waals surface area contributed by atoms with Crippen LogP contribution in [-0.2, 0) is 38.5 Å². The highest BCUT2D eigenvalue weighted by molar-refractivity contribution is 7.99. The van der Waals surface area contributed by atoms with E-state index in [0.29, 0.717) is 11.5 Å². The molecule has 3 heteroatoms. The molecule has 2 N–H and O–H groups in total. The Kier molecular flexibility index (Phi) is 7.67. The lowest BCUT2D eigenvalue weighted by Crippen LogP contribution is -2.03. The van der Waals surface area contributed by atoms with E-state index < -0.39 is 0 Å². The van der Waals surface area contributed by atoms with Gasteiger partial charge in [0.15, 0.2) is 0 Å². The topological polar surface area (TPSA) is 40.5 Å². The van der Waals surface area contributed by atoms with Crippen LogP contribution in [0.3, 0.4) is 0 Å². The van der Waals surface area contributed by atoms with E-state index in [4.69, 9.17) is 0 Å². The number of hydrogen-bond acceptors (Lipinski definition) is 3. The number of phenols is 2. The molecule has 0 atom stereocenters. The molecule has 0 aromatic heterocycles. The van der Waals surface area contributed by atoms with Crippen LogP contribution in [0, 0.1) is 0 Å². The van der Waals surface area contributed by atoms with Crippen molar-refractivity contribution in [3.63, 3.8) is 0 Å². The Balaban J connectivity index is 2.77. The Morgan fingerprint density at radius 3 is 1.15 bits per heavy atom. The molecule has 0 aliphatic rings. The Bertz CT molecular complexity index is 742. The molecule has 0 unspecified atom stereocenters. The van der Waals surface area contributed by atoms with Gasteiger partial charge in [0.2, 0.25) is 0 Å². The lowest BCUT2D eigenvalue weighted by molar-refractivity contribution is 0.465. The Labute approximate surface area is 169 Å². The molecule has 0 bridgehead atoms. The lowest BCUT2D eigenvalue weighted by Gasteiger charge is -2.22. The van der Waals surface area contributed by atoms with Crippen LogP contribution >= 0.6 is 11.8 Å². The maximum Gasteiger partial charge on any atom is 0.119 e. The van der Waals surface area contributed by atoms with Crippen LogP contribution in [-0.4, -0.2) is 10.2 Å². The maximum absolute atomic E-state index is 10.5. The van der Waals surface area contributed by atoms with Gasteiger partial charge < -0.3 is 10.2 Å². The van der Waals surface area contributed by atoms with E-state index in [9.17, 15) is 10.2 Å². The quantitative estimate of drug-likeness (QED) is 0.535. The fourth-order valence-corrected chi connectivity index (χ4v) is 5.68. The van der Waals surface area contributed by atoms with Gasteiger partial charge >= 0.3 is 0 Å². The Morgan fingerprint density at radius 2 is 0.889 bits per heavy atom. The molecule has 2 aromatic rings. The van der Waals surface area contributed by atoms with E-state index in [0.717, 1.165) is 49.7 Å². The van der Waals surface area contributed by atoms with Crippen molar-refractivity contribution in [3.8, 4) is 11.5 Å². The minimum atomic E-state index is 0.432. The number of rotatable bonds is 8. The summed E-state index contributed by atoms with van der Waals surface area (Å²) in [4.78, 5) is 2.60. The van der Waals surface area contributed by atoms with E-state index in [1.54, 1.807) is 0 Å². The minimum absolute atomic E-state index is 0.432. The SMILES string of the molecule is CCc1cc(O)c(CC)c(CC)c1Sc1c(CC)cc(O)c(CC)c1CC. The van der Waals surface area contributed by atoms with E-state index >= 15 is 0 Å². The summed E-state index contributed by atoms with van der Waals surface area (Å²) in [7, 11) is 0. The maximum atomic E-state index is 10.5. The van der Waals surface area contributed by atoms with Crippen molar-refractivity contribution in [2.75, 3.05) is 0 Å². The summed E-state index contributed by atoms with van der Waals surface area (Å²) < 4.78 is 0. The molecule has 148 valence electrons. The summed E-state index contributed by atoms with van der Waals surface area (Å²) >= 11 is 1.85. The van der Waals surface area contributed by atoms with Crippen molar-refractivity contribution in [2.45, 2.75) is 89.9 Å². The summed E-state index contributed by atoms with van der Waals surface area (Å²) in [6.07, 6.45) is 5.29. The largest absolute Gasteiger partial charge is 0.508 e. The minimum Gasteiger partial charge on any atom is -0.508 e. The lowest BCUT2D eigenvalue weighted by atomic mass is 9.97. The molecular weight excluding hydrogens is 352 g/mol. The molecule has 0 saturated heterocycles. The number of hydrogen-bond donors (Lipinski definition) is 2. The Morgan fingerprint density at radius 1 is 0.556 bits per heavy atom. The zero-order valence-electron chi connectivity index (χ0n) is 17.7. The molecule has 0 fully saturated rings. The van der Waals surface area contributed by atoms with Gasteiger partial charge in [-0.15, -0.1) is 0 Å². The van der Waals surface area contributed by atoms with Crippen molar-refractivity contribution in [1.29, 1.82) is 0 Å². The molecular formula is C24H34O2S. The average molecular weight is 387 g/mol. The monoisotopic (exact) mass is 386 g/mol. The second-order valence-electron chi connectivity index (χ2n) is 6.91. The third-order valence-corrected chi connectivity index (χ3v) is 6.91. The average Bonchev–Trinajstić information content (AvgIpc) is 2.68. The van der Waals surface area contributed by atoms with E-state index in [1.807, 2.05) is 23.9 Å². The van der Waals surface area contributed by atoms with Gasteiger partial charge in [0.1, 0.15) is 11.5 Å². The Hall–Kier alpha value is -1.61. The van der Waals surface area contributed by atoms with Crippen LogP contribution in [0.4, 0.5) is 0 Å². The molecule has 2 rings (SSSR count). The molecule has 0 aliphatic heterocycles. The van der Waals surface area contributed by atoms with Crippen molar-refractivity contribution >= 4 is 11.8 Å². The standard InChI is InChI=1S/C24H34O2S/c1-7-15-13-21(25)17(9-3)19(11-5)23(15)27-24-16(8-2)14-22(26)18(10-4)20(24)12-6/h13-14,25-26H,7-12H2,1-6H3. The van der Waals surface area contributed by atoms with E-state index in [-0.39, 0.29) is 0 Å². The second-order valence-corrected chi connectivity index (χ2v) is 7.93. The second kappa shape index (κ2) is 9.54. The van der Waals surface area contributed by atoms with Crippen LogP contribution in [0.15, 0.2) is 21.9 Å². The van der Waals surface area contributed by atoms with Crippen molar-refractivity contribution in [2.24, 2.45) is 0 Å². The third-order valence-electron chi connectivity index (χ3n) is 5.48. The summed E-state index contributed by atoms with van der Waals surface area (Å²) in [5.74, 6) is 0.865. The summed E-state index contributed by atoms with van der Waals surface area (Å²) in [5, 5.41) is 21.0. The van der Waals surface area contributed by atoms with Crippen LogP contribution in [0.1, 0.15) is 74.9 Å². The van der Waals surface area contributed by atoms with Gasteiger partial charge in [0, 0.05) is 9.79 Å². The van der Waals surface area contributed by atoms with Crippen molar-refractivity contribution in [1.82, 2.24) is 0 Å². The molecule has 2 nitrogen and oxygen atoms in total. The van der Waals surface area contributed by atoms with Gasteiger partial charge in [-0.05, 0) is 84.0 Å². The van der Waals surface area contributed by atoms with Crippen molar-refractivity contribution in [3.05, 3.63) is 45.5 Å². The molecule has 2 aromatic carbocycles. The first-order valence-electron chi connectivity index (χ1n) is 10.4. The molecule has 0 heterocycles. The van der Waals surface area contributed by atoms with E-state index in [1.165, 1.54) is 32.0 Å². The molecule has 27 heavy (non-hydrogen) atoms. The van der Waals surface area contributed by atoms with Gasteiger partial charge in [-0.3, -0.25) is 0 Å². The normalized spacial score (nSPS) is 11.2. The summed E-state index contributed by atoms with van der Waals surface area (Å²) in [6, 6.07) is 3.91. The molecule has 0 amide bonds. The fourth-order valence-electron chi connectivity index (χ4n) is 4.02. The van der Waals surface area contributed by atoms with Gasteiger partial charge in [0.25, 0.3) is 0 Å². The molecule has 0 spiro atoms. The first kappa shape index (κ1) is 21.7. The zero-order chi connectivity index (χ0) is 20.1. The van der Waals surface area contributed by atoms with Crippen LogP contribution in [0.25, 0.3) is 0 Å². The first-order chi connectivity index (χ1) is 13.0. The number of phenolic OH excluding ortho intramolecular Hbond substituents is 2. The van der Waals surface area contributed by atoms with Gasteiger partial charge in [-0.1, -0.05) is 53.3 Å². The first-order valence-corrected chi connectivity index (χ1v) is 11.2. The summed E-state index contributed by atoms with van der Waals surface area (Å²) in [5.41, 5.74) is 7.11. The molecule has 0 radical (unpaired) electrons. The highest BCUT2D eigenvalue weighted by atomic mass is 32.2. The van der Waals surface area contributed by atoms with E-state index in [2.05, 4.69) is 41.5 Å². The van der Waals surface area contributed by atoms with Gasteiger partial charge in [0.05, 0.1) is 0 Å². The number of benzene rings is 2. The van der Waals surface area contributed by atoms with Gasteiger partial charge in [-0.2, -0.15) is 0 Å². The van der Waals surface area contributed by atoms with Crippen LogP contribution < -0.4 is 0 Å². The number of aryl methyl sites for hydroxylation is 2.